The molecule has 35 heavy (non-hydrogen) atoms. The fourth-order valence-corrected chi connectivity index (χ4v) is 5.54. The maximum Gasteiger partial charge on any atom is 0.241 e. The number of aromatic nitrogens is 3. The van der Waals surface area contributed by atoms with E-state index in [2.05, 4.69) is 14.9 Å². The first-order valence-corrected chi connectivity index (χ1v) is 13.3. The van der Waals surface area contributed by atoms with Crippen molar-refractivity contribution in [2.45, 2.75) is 35.7 Å². The molecule has 1 heterocycles. The summed E-state index contributed by atoms with van der Waals surface area (Å²) in [5.41, 5.74) is 2.84. The number of rotatable bonds is 9. The van der Waals surface area contributed by atoms with Crippen molar-refractivity contribution in [2.24, 2.45) is 0 Å². The van der Waals surface area contributed by atoms with Gasteiger partial charge in [0.1, 0.15) is 11.6 Å². The van der Waals surface area contributed by atoms with Crippen LogP contribution in [0.3, 0.4) is 0 Å². The summed E-state index contributed by atoms with van der Waals surface area (Å²) in [5, 5.41) is 9.28. The van der Waals surface area contributed by atoms with Crippen molar-refractivity contribution in [1.29, 1.82) is 0 Å². The van der Waals surface area contributed by atoms with E-state index < -0.39 is 16.1 Å². The van der Waals surface area contributed by atoms with E-state index in [-0.39, 0.29) is 10.7 Å². The molecule has 0 fully saturated rings. The van der Waals surface area contributed by atoms with E-state index in [4.69, 9.17) is 4.74 Å². The molecule has 0 spiro atoms. The molecule has 1 unspecified atom stereocenters. The summed E-state index contributed by atoms with van der Waals surface area (Å²) in [6, 6.07) is 19.6. The van der Waals surface area contributed by atoms with Gasteiger partial charge in [-0.05, 0) is 67.9 Å². The zero-order valence-electron chi connectivity index (χ0n) is 19.5. The quantitative estimate of drug-likeness (QED) is 0.316. The number of benzene rings is 3. The summed E-state index contributed by atoms with van der Waals surface area (Å²) in [6.07, 6.45) is 0. The van der Waals surface area contributed by atoms with Crippen molar-refractivity contribution < 1.29 is 17.5 Å². The van der Waals surface area contributed by atoms with Gasteiger partial charge in [0, 0.05) is 11.4 Å². The standard InChI is InChI=1S/C25H25FN4O3S2/c1-17-4-10-21(11-5-17)30-24(27-28-25(30)34-16-19-6-8-20(26)9-7-19)18(2)29-35(31,32)23-14-12-22(33-3)13-15-23/h4-15,18,29H,16H2,1-3H3. The third kappa shape index (κ3) is 5.90. The van der Waals surface area contributed by atoms with E-state index in [9.17, 15) is 12.8 Å². The maximum atomic E-state index is 13.3. The Kier molecular flexibility index (Phi) is 7.54. The van der Waals surface area contributed by atoms with E-state index in [0.29, 0.717) is 22.5 Å². The predicted molar refractivity (Wildman–Crippen MR) is 134 cm³/mol. The molecular weight excluding hydrogens is 487 g/mol. The van der Waals surface area contributed by atoms with Gasteiger partial charge in [0.25, 0.3) is 0 Å². The van der Waals surface area contributed by atoms with E-state index in [1.54, 1.807) is 31.2 Å². The minimum Gasteiger partial charge on any atom is -0.497 e. The van der Waals surface area contributed by atoms with Gasteiger partial charge in [-0.1, -0.05) is 41.6 Å². The molecule has 0 saturated carbocycles. The molecule has 0 bridgehead atoms. The van der Waals surface area contributed by atoms with Crippen molar-refractivity contribution in [2.75, 3.05) is 7.11 Å². The van der Waals surface area contributed by atoms with Crippen LogP contribution in [0.25, 0.3) is 5.69 Å². The molecule has 182 valence electrons. The largest absolute Gasteiger partial charge is 0.497 e. The molecule has 1 atom stereocenters. The van der Waals surface area contributed by atoms with E-state index in [1.165, 1.54) is 43.1 Å². The van der Waals surface area contributed by atoms with Crippen LogP contribution in [0.4, 0.5) is 4.39 Å². The first-order valence-electron chi connectivity index (χ1n) is 10.8. The smallest absolute Gasteiger partial charge is 0.241 e. The average Bonchev–Trinajstić information content (AvgIpc) is 3.28. The van der Waals surface area contributed by atoms with Crippen molar-refractivity contribution in [3.8, 4) is 11.4 Å². The van der Waals surface area contributed by atoms with Crippen molar-refractivity contribution in [3.63, 3.8) is 0 Å². The SMILES string of the molecule is COc1ccc(S(=O)(=O)NC(C)c2nnc(SCc3ccc(F)cc3)n2-c2ccc(C)cc2)cc1. The van der Waals surface area contributed by atoms with Gasteiger partial charge in [-0.25, -0.2) is 17.5 Å². The van der Waals surface area contributed by atoms with Crippen LogP contribution in [0.1, 0.15) is 29.9 Å². The molecule has 10 heteroatoms. The average molecular weight is 513 g/mol. The molecule has 0 saturated heterocycles. The Labute approximate surface area is 208 Å². The highest BCUT2D eigenvalue weighted by Crippen LogP contribution is 2.28. The number of methoxy groups -OCH3 is 1. The van der Waals surface area contributed by atoms with Gasteiger partial charge >= 0.3 is 0 Å². The number of hydrogen-bond acceptors (Lipinski definition) is 6. The molecule has 0 aliphatic heterocycles. The lowest BCUT2D eigenvalue weighted by Gasteiger charge is -2.17. The van der Waals surface area contributed by atoms with Gasteiger partial charge in [0.15, 0.2) is 11.0 Å². The van der Waals surface area contributed by atoms with Crippen LogP contribution in [0.2, 0.25) is 0 Å². The monoisotopic (exact) mass is 512 g/mol. The summed E-state index contributed by atoms with van der Waals surface area (Å²) in [4.78, 5) is 0.123. The highest BCUT2D eigenvalue weighted by Gasteiger charge is 2.25. The van der Waals surface area contributed by atoms with Gasteiger partial charge in [-0.2, -0.15) is 0 Å². The third-order valence-corrected chi connectivity index (χ3v) is 7.88. The highest BCUT2D eigenvalue weighted by atomic mass is 32.2. The predicted octanol–water partition coefficient (Wildman–Crippen LogP) is 5.06. The van der Waals surface area contributed by atoms with Gasteiger partial charge in [0.05, 0.1) is 18.0 Å². The summed E-state index contributed by atoms with van der Waals surface area (Å²) in [7, 11) is -2.30. The molecule has 0 radical (unpaired) electrons. The third-order valence-electron chi connectivity index (χ3n) is 5.32. The number of nitrogens with one attached hydrogen (secondary N) is 1. The van der Waals surface area contributed by atoms with E-state index in [1.807, 2.05) is 35.8 Å². The topological polar surface area (TPSA) is 86.1 Å². The molecule has 0 amide bonds. The second-order valence-electron chi connectivity index (χ2n) is 7.95. The molecule has 4 aromatic rings. The Morgan fingerprint density at radius 2 is 1.66 bits per heavy atom. The Bertz CT molecular complexity index is 1390. The number of sulfonamides is 1. The summed E-state index contributed by atoms with van der Waals surface area (Å²) >= 11 is 1.44. The lowest BCUT2D eigenvalue weighted by atomic mass is 10.2. The zero-order chi connectivity index (χ0) is 25.0. The van der Waals surface area contributed by atoms with Crippen LogP contribution >= 0.6 is 11.8 Å². The first kappa shape index (κ1) is 24.9. The Morgan fingerprint density at radius 3 is 2.29 bits per heavy atom. The van der Waals surface area contributed by atoms with E-state index >= 15 is 0 Å². The zero-order valence-corrected chi connectivity index (χ0v) is 21.1. The van der Waals surface area contributed by atoms with Crippen LogP contribution < -0.4 is 9.46 Å². The molecule has 7 nitrogen and oxygen atoms in total. The fraction of sp³-hybridized carbons (Fsp3) is 0.200. The Hall–Kier alpha value is -3.21. The van der Waals surface area contributed by atoms with Crippen molar-refractivity contribution >= 4 is 21.8 Å². The Balaban J connectivity index is 1.63. The molecule has 3 aromatic carbocycles. The van der Waals surface area contributed by atoms with Gasteiger partial charge in [0.2, 0.25) is 10.0 Å². The molecular formula is C25H25FN4O3S2. The van der Waals surface area contributed by atoms with Gasteiger partial charge < -0.3 is 4.74 Å². The number of nitrogens with zero attached hydrogens (tertiary/aromatic N) is 3. The lowest BCUT2D eigenvalue weighted by molar-refractivity contribution is 0.414. The number of halogens is 1. The Morgan fingerprint density at radius 1 is 1.00 bits per heavy atom. The van der Waals surface area contributed by atoms with E-state index in [0.717, 1.165) is 16.8 Å². The normalized spacial score (nSPS) is 12.5. The second kappa shape index (κ2) is 10.6. The van der Waals surface area contributed by atoms with Crippen LogP contribution in [0.15, 0.2) is 82.8 Å². The summed E-state index contributed by atoms with van der Waals surface area (Å²) in [6.45, 7) is 3.72. The van der Waals surface area contributed by atoms with Crippen LogP contribution in [0, 0.1) is 12.7 Å². The van der Waals surface area contributed by atoms with Gasteiger partial charge in [-0.3, -0.25) is 4.57 Å². The number of hydrogen-bond donors (Lipinski definition) is 1. The van der Waals surface area contributed by atoms with Crippen LogP contribution in [0.5, 0.6) is 5.75 Å². The molecule has 0 aliphatic rings. The summed E-state index contributed by atoms with van der Waals surface area (Å²) in [5.74, 6) is 1.28. The maximum absolute atomic E-state index is 13.3. The van der Waals surface area contributed by atoms with Crippen LogP contribution in [-0.2, 0) is 15.8 Å². The number of aryl methyl sites for hydroxylation is 1. The minimum atomic E-state index is -3.82. The molecule has 1 aromatic heterocycles. The minimum absolute atomic E-state index is 0.123. The van der Waals surface area contributed by atoms with Crippen molar-refractivity contribution in [3.05, 3.63) is 95.6 Å². The number of ether oxygens (including phenoxy) is 1. The second-order valence-corrected chi connectivity index (χ2v) is 10.6. The van der Waals surface area contributed by atoms with Crippen LogP contribution in [-0.4, -0.2) is 30.3 Å². The number of thioether (sulfide) groups is 1. The highest BCUT2D eigenvalue weighted by molar-refractivity contribution is 7.98. The fourth-order valence-electron chi connectivity index (χ4n) is 3.43. The van der Waals surface area contributed by atoms with Crippen molar-refractivity contribution in [1.82, 2.24) is 19.5 Å². The molecule has 0 aliphatic carbocycles. The molecule has 4 rings (SSSR count). The van der Waals surface area contributed by atoms with Gasteiger partial charge in [-0.15, -0.1) is 10.2 Å². The first-order chi connectivity index (χ1) is 16.8. The lowest BCUT2D eigenvalue weighted by Crippen LogP contribution is -2.28. The summed E-state index contributed by atoms with van der Waals surface area (Å²) < 4.78 is 48.9. The molecule has 1 N–H and O–H groups in total.